The summed E-state index contributed by atoms with van der Waals surface area (Å²) in [4.78, 5) is 12.3. The molecule has 0 fully saturated rings. The van der Waals surface area contributed by atoms with E-state index in [1.54, 1.807) is 37.3 Å². The summed E-state index contributed by atoms with van der Waals surface area (Å²) in [7, 11) is -2.54. The van der Waals surface area contributed by atoms with Crippen molar-refractivity contribution in [3.63, 3.8) is 0 Å². The molecule has 2 aromatic carbocycles. The van der Waals surface area contributed by atoms with Crippen LogP contribution in [0.1, 0.15) is 18.1 Å². The zero-order valence-electron chi connectivity index (χ0n) is 15.8. The molecule has 9 heteroatoms. The summed E-state index contributed by atoms with van der Waals surface area (Å²) in [6.45, 7) is 3.66. The molecule has 0 radical (unpaired) electrons. The fourth-order valence-corrected chi connectivity index (χ4v) is 4.19. The predicted octanol–water partition coefficient (Wildman–Crippen LogP) is 1.72. The van der Waals surface area contributed by atoms with Gasteiger partial charge in [0.2, 0.25) is 22.7 Å². The summed E-state index contributed by atoms with van der Waals surface area (Å²) in [5.41, 5.74) is 1.58. The second kappa shape index (κ2) is 8.07. The molecule has 0 saturated carbocycles. The number of fused-ring (bicyclic) bond motifs is 1. The van der Waals surface area contributed by atoms with Crippen molar-refractivity contribution < 1.29 is 27.4 Å². The number of amides is 1. The number of hydrogen-bond donors (Lipinski definition) is 2. The summed E-state index contributed by atoms with van der Waals surface area (Å²) < 4.78 is 43.4. The number of ether oxygens (including phenoxy) is 3. The molecule has 0 unspecified atom stereocenters. The molecule has 0 saturated heterocycles. The molecule has 1 aliphatic rings. The van der Waals surface area contributed by atoms with Crippen molar-refractivity contribution in [2.45, 2.75) is 31.3 Å². The van der Waals surface area contributed by atoms with Gasteiger partial charge >= 0.3 is 0 Å². The van der Waals surface area contributed by atoms with Gasteiger partial charge in [0.25, 0.3) is 0 Å². The van der Waals surface area contributed by atoms with E-state index in [9.17, 15) is 13.2 Å². The van der Waals surface area contributed by atoms with E-state index in [1.807, 2.05) is 0 Å². The maximum atomic E-state index is 12.7. The molecular weight excluding hydrogens is 384 g/mol. The van der Waals surface area contributed by atoms with Gasteiger partial charge in [-0.3, -0.25) is 4.79 Å². The van der Waals surface area contributed by atoms with Gasteiger partial charge in [-0.2, -0.15) is 4.72 Å². The number of carbonyl (C=O) groups is 1. The maximum absolute atomic E-state index is 12.7. The van der Waals surface area contributed by atoms with Crippen LogP contribution in [-0.2, 0) is 21.4 Å². The number of carbonyl (C=O) groups excluding carboxylic acids is 1. The Morgan fingerprint density at radius 2 is 1.93 bits per heavy atom. The molecule has 3 rings (SSSR count). The molecule has 0 aromatic heterocycles. The molecular formula is C19H22N2O6S. The summed E-state index contributed by atoms with van der Waals surface area (Å²) >= 11 is 0. The zero-order valence-corrected chi connectivity index (χ0v) is 16.6. The van der Waals surface area contributed by atoms with Gasteiger partial charge < -0.3 is 19.5 Å². The lowest BCUT2D eigenvalue weighted by Gasteiger charge is -2.16. The standard InChI is InChI=1S/C19H22N2O6S/c1-12-4-6-16(25-3)18(8-12)28(23,24)21-13(2)19(22)20-10-14-5-7-15-17(9-14)27-11-26-15/h4-9,13,21H,10-11H2,1-3H3,(H,20,22)/t13-/m1/s1. The molecule has 0 bridgehead atoms. The number of hydrogen-bond acceptors (Lipinski definition) is 6. The van der Waals surface area contributed by atoms with Crippen LogP contribution in [0.25, 0.3) is 0 Å². The molecule has 1 aliphatic heterocycles. The first kappa shape index (κ1) is 20.0. The number of nitrogens with one attached hydrogen (secondary N) is 2. The lowest BCUT2D eigenvalue weighted by molar-refractivity contribution is -0.122. The van der Waals surface area contributed by atoms with Crippen LogP contribution >= 0.6 is 0 Å². The fraction of sp³-hybridized carbons (Fsp3) is 0.316. The van der Waals surface area contributed by atoms with Crippen LogP contribution < -0.4 is 24.2 Å². The molecule has 0 spiro atoms. The highest BCUT2D eigenvalue weighted by Crippen LogP contribution is 2.32. The molecule has 2 N–H and O–H groups in total. The highest BCUT2D eigenvalue weighted by molar-refractivity contribution is 7.89. The molecule has 8 nitrogen and oxygen atoms in total. The highest BCUT2D eigenvalue weighted by Gasteiger charge is 2.25. The number of methoxy groups -OCH3 is 1. The first-order valence-corrected chi connectivity index (χ1v) is 10.1. The minimum atomic E-state index is -3.93. The Morgan fingerprint density at radius 1 is 1.18 bits per heavy atom. The van der Waals surface area contributed by atoms with Gasteiger partial charge in [-0.05, 0) is 49.2 Å². The summed E-state index contributed by atoms with van der Waals surface area (Å²) in [5.74, 6) is 1.04. The first-order valence-electron chi connectivity index (χ1n) is 8.63. The molecule has 0 aliphatic carbocycles. The Hall–Kier alpha value is -2.78. The first-order chi connectivity index (χ1) is 13.3. The van der Waals surface area contributed by atoms with Gasteiger partial charge in [-0.25, -0.2) is 8.42 Å². The fourth-order valence-electron chi connectivity index (χ4n) is 2.74. The molecule has 1 atom stereocenters. The summed E-state index contributed by atoms with van der Waals surface area (Å²) in [6.07, 6.45) is 0. The van der Waals surface area contributed by atoms with Crippen molar-refractivity contribution in [3.05, 3.63) is 47.5 Å². The van der Waals surface area contributed by atoms with Gasteiger partial charge in [0.1, 0.15) is 10.6 Å². The predicted molar refractivity (Wildman–Crippen MR) is 102 cm³/mol. The molecule has 1 heterocycles. The van der Waals surface area contributed by atoms with Crippen molar-refractivity contribution in [3.8, 4) is 17.2 Å². The van der Waals surface area contributed by atoms with Crippen LogP contribution in [0.2, 0.25) is 0 Å². The quantitative estimate of drug-likeness (QED) is 0.726. The Bertz CT molecular complexity index is 990. The lowest BCUT2D eigenvalue weighted by atomic mass is 10.2. The van der Waals surface area contributed by atoms with Gasteiger partial charge in [0.15, 0.2) is 11.5 Å². The number of rotatable bonds is 7. The minimum absolute atomic E-state index is 0.00887. The SMILES string of the molecule is COc1ccc(C)cc1S(=O)(=O)N[C@H](C)C(=O)NCc1ccc2c(c1)OCO2. The third-order valence-electron chi connectivity index (χ3n) is 4.24. The summed E-state index contributed by atoms with van der Waals surface area (Å²) in [6, 6.07) is 9.20. The van der Waals surface area contributed by atoms with E-state index in [2.05, 4.69) is 10.0 Å². The lowest BCUT2D eigenvalue weighted by Crippen LogP contribution is -2.44. The van der Waals surface area contributed by atoms with Crippen LogP contribution in [0.15, 0.2) is 41.3 Å². The monoisotopic (exact) mass is 406 g/mol. The molecule has 1 amide bonds. The second-order valence-corrected chi connectivity index (χ2v) is 8.09. The van der Waals surface area contributed by atoms with Gasteiger partial charge in [-0.1, -0.05) is 12.1 Å². The topological polar surface area (TPSA) is 103 Å². The summed E-state index contributed by atoms with van der Waals surface area (Å²) in [5, 5.41) is 2.71. The number of benzene rings is 2. The Morgan fingerprint density at radius 3 is 2.68 bits per heavy atom. The Labute approximate surface area is 163 Å². The van der Waals surface area contributed by atoms with Gasteiger partial charge in [0, 0.05) is 6.54 Å². The van der Waals surface area contributed by atoms with E-state index in [0.29, 0.717) is 11.5 Å². The van der Waals surface area contributed by atoms with Crippen LogP contribution in [-0.4, -0.2) is 34.3 Å². The van der Waals surface area contributed by atoms with Crippen molar-refractivity contribution in [2.24, 2.45) is 0 Å². The van der Waals surface area contributed by atoms with E-state index >= 15 is 0 Å². The van der Waals surface area contributed by atoms with Gasteiger partial charge in [-0.15, -0.1) is 0 Å². The smallest absolute Gasteiger partial charge is 0.244 e. The minimum Gasteiger partial charge on any atom is -0.495 e. The number of aryl methyl sites for hydroxylation is 1. The Kier molecular flexibility index (Phi) is 5.76. The maximum Gasteiger partial charge on any atom is 0.244 e. The van der Waals surface area contributed by atoms with Crippen molar-refractivity contribution in [2.75, 3.05) is 13.9 Å². The van der Waals surface area contributed by atoms with Crippen molar-refractivity contribution in [1.82, 2.24) is 10.0 Å². The zero-order chi connectivity index (χ0) is 20.3. The second-order valence-electron chi connectivity index (χ2n) is 6.40. The van der Waals surface area contributed by atoms with E-state index in [1.165, 1.54) is 20.1 Å². The molecule has 28 heavy (non-hydrogen) atoms. The average molecular weight is 406 g/mol. The van der Waals surface area contributed by atoms with Crippen molar-refractivity contribution >= 4 is 15.9 Å². The van der Waals surface area contributed by atoms with Crippen LogP contribution in [0.3, 0.4) is 0 Å². The normalized spacial score (nSPS) is 13.8. The van der Waals surface area contributed by atoms with E-state index < -0.39 is 22.0 Å². The average Bonchev–Trinajstić information content (AvgIpc) is 3.13. The van der Waals surface area contributed by atoms with Crippen LogP contribution in [0.5, 0.6) is 17.2 Å². The van der Waals surface area contributed by atoms with Crippen LogP contribution in [0, 0.1) is 6.92 Å². The van der Waals surface area contributed by atoms with E-state index in [-0.39, 0.29) is 24.0 Å². The van der Waals surface area contributed by atoms with Crippen molar-refractivity contribution in [1.29, 1.82) is 0 Å². The van der Waals surface area contributed by atoms with E-state index in [0.717, 1.165) is 11.1 Å². The largest absolute Gasteiger partial charge is 0.495 e. The molecule has 150 valence electrons. The molecule has 2 aromatic rings. The van der Waals surface area contributed by atoms with Crippen LogP contribution in [0.4, 0.5) is 0 Å². The third kappa shape index (κ3) is 4.37. The highest BCUT2D eigenvalue weighted by atomic mass is 32.2. The number of sulfonamides is 1. The Balaban J connectivity index is 1.64. The van der Waals surface area contributed by atoms with E-state index in [4.69, 9.17) is 14.2 Å². The van der Waals surface area contributed by atoms with Gasteiger partial charge in [0.05, 0.1) is 13.2 Å². The third-order valence-corrected chi connectivity index (χ3v) is 5.80.